The van der Waals surface area contributed by atoms with Crippen LogP contribution in [0.5, 0.6) is 0 Å². The predicted octanol–water partition coefficient (Wildman–Crippen LogP) is 0.511. The number of carbonyl (C=O) groups is 1. The first-order valence-electron chi connectivity index (χ1n) is 8.25. The van der Waals surface area contributed by atoms with Gasteiger partial charge in [-0.3, -0.25) is 14.4 Å². The summed E-state index contributed by atoms with van der Waals surface area (Å²) in [5.41, 5.74) is 0.267. The molecule has 0 aromatic carbocycles. The molecule has 2 aromatic rings. The van der Waals surface area contributed by atoms with Crippen LogP contribution in [-0.2, 0) is 27.9 Å². The number of carbonyl (C=O) groups excluding carboxylic acids is 1. The summed E-state index contributed by atoms with van der Waals surface area (Å²) in [5.74, 6) is -0.0469. The summed E-state index contributed by atoms with van der Waals surface area (Å²) in [6, 6.07) is 0. The van der Waals surface area contributed by atoms with Gasteiger partial charge in [0.25, 0.3) is 5.91 Å². The van der Waals surface area contributed by atoms with E-state index in [1.807, 2.05) is 24.8 Å². The minimum absolute atomic E-state index is 0.0469. The van der Waals surface area contributed by atoms with Gasteiger partial charge >= 0.3 is 0 Å². The van der Waals surface area contributed by atoms with Crippen LogP contribution in [0, 0.1) is 0 Å². The van der Waals surface area contributed by atoms with Crippen molar-refractivity contribution in [1.29, 1.82) is 0 Å². The fourth-order valence-electron chi connectivity index (χ4n) is 3.32. The molecule has 0 unspecified atom stereocenters. The van der Waals surface area contributed by atoms with Crippen molar-refractivity contribution in [3.8, 4) is 0 Å². The van der Waals surface area contributed by atoms with Crippen molar-refractivity contribution in [3.05, 3.63) is 29.0 Å². The van der Waals surface area contributed by atoms with E-state index >= 15 is 0 Å². The second-order valence-electron chi connectivity index (χ2n) is 6.51. The molecule has 9 heteroatoms. The largest absolute Gasteiger partial charge is 0.377 e. The van der Waals surface area contributed by atoms with Crippen LogP contribution in [0.3, 0.4) is 0 Å². The van der Waals surface area contributed by atoms with Gasteiger partial charge in [0.2, 0.25) is 0 Å². The number of aromatic nitrogens is 3. The Bertz CT molecular complexity index is 734. The minimum atomic E-state index is -0.530. The molecule has 0 radical (unpaired) electrons. The SMILES string of the molecule is Cn1cc(N2C[C@]3(COCCN(Cc4nccs4)C3)OCC2=O)cn1. The second-order valence-corrected chi connectivity index (χ2v) is 7.49. The summed E-state index contributed by atoms with van der Waals surface area (Å²) in [6.45, 7) is 3.95. The van der Waals surface area contributed by atoms with Crippen molar-refractivity contribution >= 4 is 22.9 Å². The minimum Gasteiger partial charge on any atom is -0.377 e. The van der Waals surface area contributed by atoms with Crippen LogP contribution < -0.4 is 4.90 Å². The highest BCUT2D eigenvalue weighted by Gasteiger charge is 2.43. The standard InChI is InChI=1S/C16H21N5O3S/c1-19-7-13(6-18-19)21-11-16(24-9-15(21)22)10-20(3-4-23-12-16)8-14-17-2-5-25-14/h2,5-7H,3-4,8-12H2,1H3/t16-/m1/s1. The van der Waals surface area contributed by atoms with E-state index in [0.29, 0.717) is 26.3 Å². The molecule has 0 saturated carbocycles. The predicted molar refractivity (Wildman–Crippen MR) is 92.5 cm³/mol. The smallest absolute Gasteiger partial charge is 0.253 e. The Labute approximate surface area is 150 Å². The highest BCUT2D eigenvalue weighted by Crippen LogP contribution is 2.27. The lowest BCUT2D eigenvalue weighted by Crippen LogP contribution is -2.60. The van der Waals surface area contributed by atoms with Crippen LogP contribution in [0.25, 0.3) is 0 Å². The monoisotopic (exact) mass is 363 g/mol. The number of rotatable bonds is 3. The van der Waals surface area contributed by atoms with E-state index in [9.17, 15) is 4.79 Å². The molecule has 2 aliphatic rings. The van der Waals surface area contributed by atoms with Crippen LogP contribution in [0.1, 0.15) is 5.01 Å². The highest BCUT2D eigenvalue weighted by atomic mass is 32.1. The molecular formula is C16H21N5O3S. The van der Waals surface area contributed by atoms with E-state index < -0.39 is 5.60 Å². The van der Waals surface area contributed by atoms with Crippen molar-refractivity contribution < 1.29 is 14.3 Å². The normalized spacial score (nSPS) is 25.5. The number of aryl methyl sites for hydroxylation is 1. The van der Waals surface area contributed by atoms with Crippen LogP contribution in [0.2, 0.25) is 0 Å². The average molecular weight is 363 g/mol. The topological polar surface area (TPSA) is 72.7 Å². The van der Waals surface area contributed by atoms with E-state index in [2.05, 4.69) is 15.0 Å². The quantitative estimate of drug-likeness (QED) is 0.791. The van der Waals surface area contributed by atoms with Gasteiger partial charge in [-0.2, -0.15) is 5.10 Å². The van der Waals surface area contributed by atoms with Crippen LogP contribution in [-0.4, -0.2) is 70.6 Å². The Morgan fingerprint density at radius 2 is 2.32 bits per heavy atom. The van der Waals surface area contributed by atoms with E-state index in [1.165, 1.54) is 0 Å². The van der Waals surface area contributed by atoms with Crippen molar-refractivity contribution in [2.75, 3.05) is 44.4 Å². The van der Waals surface area contributed by atoms with Crippen molar-refractivity contribution in [3.63, 3.8) is 0 Å². The lowest BCUT2D eigenvalue weighted by atomic mass is 10.0. The molecule has 8 nitrogen and oxygen atoms in total. The first-order valence-corrected chi connectivity index (χ1v) is 9.13. The zero-order valence-corrected chi connectivity index (χ0v) is 14.9. The maximum absolute atomic E-state index is 12.4. The van der Waals surface area contributed by atoms with Gasteiger partial charge in [0, 0.05) is 37.9 Å². The molecule has 1 amide bonds. The molecule has 2 fully saturated rings. The molecule has 2 saturated heterocycles. The molecule has 4 rings (SSSR count). The van der Waals surface area contributed by atoms with Gasteiger partial charge in [-0.1, -0.05) is 0 Å². The van der Waals surface area contributed by atoms with Gasteiger partial charge in [-0.05, 0) is 0 Å². The molecule has 0 aliphatic carbocycles. The van der Waals surface area contributed by atoms with Gasteiger partial charge in [0.1, 0.15) is 17.2 Å². The van der Waals surface area contributed by atoms with Gasteiger partial charge < -0.3 is 14.4 Å². The average Bonchev–Trinajstić information content (AvgIpc) is 3.21. The van der Waals surface area contributed by atoms with Gasteiger partial charge in [0.15, 0.2) is 0 Å². The summed E-state index contributed by atoms with van der Waals surface area (Å²) in [5, 5.41) is 7.24. The number of thiazole rings is 1. The molecule has 2 aliphatic heterocycles. The number of anilines is 1. The lowest BCUT2D eigenvalue weighted by molar-refractivity contribution is -0.146. The van der Waals surface area contributed by atoms with Crippen molar-refractivity contribution in [2.45, 2.75) is 12.1 Å². The molecule has 1 spiro atoms. The Kier molecular flexibility index (Phi) is 4.55. The van der Waals surface area contributed by atoms with Crippen molar-refractivity contribution in [2.24, 2.45) is 7.05 Å². The van der Waals surface area contributed by atoms with Crippen LogP contribution in [0.15, 0.2) is 24.0 Å². The molecule has 1 atom stereocenters. The van der Waals surface area contributed by atoms with Gasteiger partial charge in [0.05, 0.1) is 38.2 Å². The molecular weight excluding hydrogens is 342 g/mol. The maximum atomic E-state index is 12.4. The third kappa shape index (κ3) is 3.59. The molecule has 134 valence electrons. The maximum Gasteiger partial charge on any atom is 0.253 e. The lowest BCUT2D eigenvalue weighted by Gasteiger charge is -2.42. The Balaban J connectivity index is 1.53. The number of ether oxygens (including phenoxy) is 2. The molecule has 0 N–H and O–H groups in total. The number of hydrogen-bond acceptors (Lipinski definition) is 7. The Morgan fingerprint density at radius 3 is 3.08 bits per heavy atom. The van der Waals surface area contributed by atoms with E-state index in [4.69, 9.17) is 9.47 Å². The molecule has 4 heterocycles. The second kappa shape index (κ2) is 6.83. The third-order valence-corrected chi connectivity index (χ3v) is 5.29. The Morgan fingerprint density at radius 1 is 1.40 bits per heavy atom. The summed E-state index contributed by atoms with van der Waals surface area (Å²) in [4.78, 5) is 20.8. The summed E-state index contributed by atoms with van der Waals surface area (Å²) in [6.07, 6.45) is 5.38. The summed E-state index contributed by atoms with van der Waals surface area (Å²) < 4.78 is 13.5. The van der Waals surface area contributed by atoms with Crippen LogP contribution in [0.4, 0.5) is 5.69 Å². The fourth-order valence-corrected chi connectivity index (χ4v) is 3.98. The molecule has 2 aromatic heterocycles. The third-order valence-electron chi connectivity index (χ3n) is 4.52. The van der Waals surface area contributed by atoms with Crippen molar-refractivity contribution in [1.82, 2.24) is 19.7 Å². The summed E-state index contributed by atoms with van der Waals surface area (Å²) in [7, 11) is 1.84. The highest BCUT2D eigenvalue weighted by molar-refractivity contribution is 7.09. The molecule has 0 bridgehead atoms. The van der Waals surface area contributed by atoms with E-state index in [1.54, 1.807) is 27.1 Å². The first kappa shape index (κ1) is 16.6. The number of amides is 1. The van der Waals surface area contributed by atoms with E-state index in [-0.39, 0.29) is 12.5 Å². The van der Waals surface area contributed by atoms with E-state index in [0.717, 1.165) is 23.8 Å². The molecule has 25 heavy (non-hydrogen) atoms. The first-order chi connectivity index (χ1) is 12.1. The van der Waals surface area contributed by atoms with Gasteiger partial charge in [-0.15, -0.1) is 11.3 Å². The Hall–Kier alpha value is -1.81. The zero-order chi connectivity index (χ0) is 17.3. The number of hydrogen-bond donors (Lipinski definition) is 0. The fraction of sp³-hybridized carbons (Fsp3) is 0.562. The number of morpholine rings is 1. The zero-order valence-electron chi connectivity index (χ0n) is 14.1. The number of nitrogens with zero attached hydrogens (tertiary/aromatic N) is 5. The summed E-state index contributed by atoms with van der Waals surface area (Å²) >= 11 is 1.65. The van der Waals surface area contributed by atoms with Gasteiger partial charge in [-0.25, -0.2) is 4.98 Å². The van der Waals surface area contributed by atoms with Crippen LogP contribution >= 0.6 is 11.3 Å².